The van der Waals surface area contributed by atoms with Gasteiger partial charge in [0.05, 0.1) is 5.41 Å². The third-order valence-corrected chi connectivity index (χ3v) is 13.2. The van der Waals surface area contributed by atoms with Gasteiger partial charge in [-0.1, -0.05) is 172 Å². The Morgan fingerprint density at radius 1 is 0.574 bits per heavy atom. The number of amidine groups is 1. The topological polar surface area (TPSA) is 36.4 Å². The summed E-state index contributed by atoms with van der Waals surface area (Å²) in [6.07, 6.45) is -0.390. The van der Waals surface area contributed by atoms with Crippen molar-refractivity contribution in [1.29, 1.82) is 0 Å². The molecule has 2 unspecified atom stereocenters. The predicted molar refractivity (Wildman–Crippen MR) is 226 cm³/mol. The highest BCUT2D eigenvalue weighted by molar-refractivity contribution is 7.26. The molecule has 260 valence electrons. The largest absolute Gasteiger partial charge is 0.350 e. The van der Waals surface area contributed by atoms with Crippen molar-refractivity contribution in [3.05, 3.63) is 202 Å². The summed E-state index contributed by atoms with van der Waals surface area (Å²) in [7, 11) is 0. The minimum atomic E-state index is -0.445. The molecule has 1 aromatic heterocycles. The zero-order valence-electron chi connectivity index (χ0n) is 30.5. The van der Waals surface area contributed by atoms with Crippen LogP contribution in [0.2, 0.25) is 0 Å². The van der Waals surface area contributed by atoms with Crippen LogP contribution in [-0.2, 0) is 10.8 Å². The second-order valence-electron chi connectivity index (χ2n) is 16.0. The Hall–Kier alpha value is -5.81. The number of benzene rings is 7. The lowest BCUT2D eigenvalue weighted by Gasteiger charge is -2.34. The first-order valence-corrected chi connectivity index (χ1v) is 19.8. The molecule has 2 N–H and O–H groups in total. The van der Waals surface area contributed by atoms with E-state index in [0.717, 1.165) is 17.0 Å². The molecule has 3 aliphatic rings. The Kier molecular flexibility index (Phi) is 6.80. The van der Waals surface area contributed by atoms with Gasteiger partial charge in [0.15, 0.2) is 0 Å². The summed E-state index contributed by atoms with van der Waals surface area (Å²) in [6.45, 7) is 6.80. The SMILES string of the molecule is CC(C)(C)c1ccc(C2NC(c3ccccc3)=NC(c3ccc4c(c3)C3(c5ccccc5-c5ccccc53)c3ccc5c(sc6ccccc65)c3-4)N2)cc1. The smallest absolute Gasteiger partial charge is 0.131 e. The van der Waals surface area contributed by atoms with Crippen LogP contribution in [-0.4, -0.2) is 5.84 Å². The van der Waals surface area contributed by atoms with E-state index in [1.807, 2.05) is 11.3 Å². The van der Waals surface area contributed by atoms with Crippen molar-refractivity contribution in [3.8, 4) is 22.3 Å². The van der Waals surface area contributed by atoms with E-state index in [1.54, 1.807) is 0 Å². The summed E-state index contributed by atoms with van der Waals surface area (Å²) in [5.74, 6) is 0.895. The summed E-state index contributed by atoms with van der Waals surface area (Å²) in [5.41, 5.74) is 15.1. The van der Waals surface area contributed by atoms with Gasteiger partial charge in [0.25, 0.3) is 0 Å². The molecular weight excluding hydrogens is 675 g/mol. The normalized spacial score (nSPS) is 17.9. The Labute approximate surface area is 320 Å². The van der Waals surface area contributed by atoms with E-state index in [4.69, 9.17) is 4.99 Å². The Balaban J connectivity index is 1.14. The molecule has 0 bridgehead atoms. The maximum atomic E-state index is 5.41. The summed E-state index contributed by atoms with van der Waals surface area (Å²) >= 11 is 1.92. The third kappa shape index (κ3) is 4.47. The number of fused-ring (bicyclic) bond motifs is 14. The molecule has 8 aromatic rings. The van der Waals surface area contributed by atoms with Gasteiger partial charge in [-0.15, -0.1) is 11.3 Å². The molecule has 2 atom stereocenters. The number of aliphatic imine (C=N–C) groups is 1. The molecule has 0 saturated heterocycles. The Morgan fingerprint density at radius 2 is 1.24 bits per heavy atom. The molecular formula is C50H39N3S. The summed E-state index contributed by atoms with van der Waals surface area (Å²) in [5, 5.41) is 10.3. The van der Waals surface area contributed by atoms with E-state index in [2.05, 4.69) is 189 Å². The highest BCUT2D eigenvalue weighted by Crippen LogP contribution is 2.64. The van der Waals surface area contributed by atoms with Gasteiger partial charge in [0.1, 0.15) is 18.2 Å². The molecule has 2 heterocycles. The number of rotatable bonds is 3. The van der Waals surface area contributed by atoms with Gasteiger partial charge in [-0.2, -0.15) is 0 Å². The van der Waals surface area contributed by atoms with Gasteiger partial charge in [-0.25, -0.2) is 4.99 Å². The lowest BCUT2D eigenvalue weighted by molar-refractivity contribution is 0.408. The number of hydrogen-bond donors (Lipinski definition) is 2. The van der Waals surface area contributed by atoms with Crippen molar-refractivity contribution in [2.45, 2.75) is 43.9 Å². The molecule has 0 radical (unpaired) electrons. The van der Waals surface area contributed by atoms with E-state index < -0.39 is 5.41 Å². The first kappa shape index (κ1) is 31.7. The molecule has 0 amide bonds. The number of thiophene rings is 1. The van der Waals surface area contributed by atoms with E-state index in [9.17, 15) is 0 Å². The van der Waals surface area contributed by atoms with Crippen LogP contribution in [0.25, 0.3) is 42.4 Å². The monoisotopic (exact) mass is 713 g/mol. The van der Waals surface area contributed by atoms with E-state index in [0.29, 0.717) is 0 Å². The predicted octanol–water partition coefficient (Wildman–Crippen LogP) is 12.0. The first-order valence-electron chi connectivity index (χ1n) is 18.9. The van der Waals surface area contributed by atoms with Gasteiger partial charge in [0, 0.05) is 31.3 Å². The molecule has 0 fully saturated rings. The lowest BCUT2D eigenvalue weighted by Crippen LogP contribution is -2.45. The second kappa shape index (κ2) is 11.6. The third-order valence-electron chi connectivity index (χ3n) is 12.0. The van der Waals surface area contributed by atoms with E-state index in [1.165, 1.54) is 75.8 Å². The fourth-order valence-corrected chi connectivity index (χ4v) is 10.7. The molecule has 7 aromatic carbocycles. The van der Waals surface area contributed by atoms with E-state index in [-0.39, 0.29) is 17.7 Å². The Morgan fingerprint density at radius 3 is 1.98 bits per heavy atom. The fraction of sp³-hybridized carbons (Fsp3) is 0.140. The zero-order chi connectivity index (χ0) is 36.2. The van der Waals surface area contributed by atoms with Crippen LogP contribution < -0.4 is 10.6 Å². The molecule has 11 rings (SSSR count). The molecule has 1 spiro atoms. The number of nitrogens with one attached hydrogen (secondary N) is 2. The van der Waals surface area contributed by atoms with Gasteiger partial charge < -0.3 is 5.32 Å². The fourth-order valence-electron chi connectivity index (χ4n) is 9.41. The van der Waals surface area contributed by atoms with Crippen molar-refractivity contribution < 1.29 is 0 Å². The van der Waals surface area contributed by atoms with Gasteiger partial charge in [-0.05, 0) is 67.1 Å². The standard InChI is InChI=1S/C50H39N3S/c1-49(2,3)33-24-21-31(22-25-33)47-51-46(30-13-5-4-6-14-30)52-48(53-47)32-23-26-38-42(29-32)50(39-18-10-7-15-34(39)35-16-8-11-19-40(35)50)41-28-27-37-36-17-9-12-20-43(36)54-45(37)44(38)41/h4-29,47-48,53H,1-3H3,(H,51,52). The average Bonchev–Trinajstić information content (AvgIpc) is 3.84. The highest BCUT2D eigenvalue weighted by atomic mass is 32.1. The first-order chi connectivity index (χ1) is 26.4. The van der Waals surface area contributed by atoms with Crippen molar-refractivity contribution in [2.24, 2.45) is 4.99 Å². The second-order valence-corrected chi connectivity index (χ2v) is 17.0. The van der Waals surface area contributed by atoms with Gasteiger partial charge in [-0.3, -0.25) is 5.32 Å². The van der Waals surface area contributed by atoms with Crippen LogP contribution in [0.4, 0.5) is 0 Å². The van der Waals surface area contributed by atoms with Gasteiger partial charge >= 0.3 is 0 Å². The van der Waals surface area contributed by atoms with Crippen LogP contribution in [0.5, 0.6) is 0 Å². The number of nitrogens with zero attached hydrogens (tertiary/aromatic N) is 1. The average molecular weight is 714 g/mol. The summed E-state index contributed by atoms with van der Waals surface area (Å²) in [6, 6.07) is 58.6. The van der Waals surface area contributed by atoms with Crippen molar-refractivity contribution >= 4 is 37.3 Å². The van der Waals surface area contributed by atoms with Crippen molar-refractivity contribution in [2.75, 3.05) is 0 Å². The number of hydrogen-bond acceptors (Lipinski definition) is 4. The lowest BCUT2D eigenvalue weighted by atomic mass is 9.70. The summed E-state index contributed by atoms with van der Waals surface area (Å²) < 4.78 is 2.69. The molecule has 4 heteroatoms. The minimum Gasteiger partial charge on any atom is -0.350 e. The van der Waals surface area contributed by atoms with Crippen LogP contribution in [0.3, 0.4) is 0 Å². The van der Waals surface area contributed by atoms with Crippen LogP contribution in [0, 0.1) is 0 Å². The molecule has 3 nitrogen and oxygen atoms in total. The molecule has 1 aliphatic heterocycles. The van der Waals surface area contributed by atoms with Crippen LogP contribution in [0.15, 0.2) is 163 Å². The molecule has 0 saturated carbocycles. The maximum Gasteiger partial charge on any atom is 0.131 e. The van der Waals surface area contributed by atoms with Gasteiger partial charge in [0.2, 0.25) is 0 Å². The van der Waals surface area contributed by atoms with E-state index >= 15 is 0 Å². The zero-order valence-corrected chi connectivity index (χ0v) is 31.3. The maximum absolute atomic E-state index is 5.41. The van der Waals surface area contributed by atoms with Crippen LogP contribution >= 0.6 is 11.3 Å². The Bertz CT molecular complexity index is 2780. The van der Waals surface area contributed by atoms with Crippen molar-refractivity contribution in [1.82, 2.24) is 10.6 Å². The summed E-state index contributed by atoms with van der Waals surface area (Å²) in [4.78, 5) is 5.41. The molecule has 54 heavy (non-hydrogen) atoms. The van der Waals surface area contributed by atoms with Crippen LogP contribution in [0.1, 0.15) is 77.6 Å². The molecule has 2 aliphatic carbocycles. The highest BCUT2D eigenvalue weighted by Gasteiger charge is 2.52. The van der Waals surface area contributed by atoms with Crippen molar-refractivity contribution in [3.63, 3.8) is 0 Å². The quantitative estimate of drug-likeness (QED) is 0.191. The minimum absolute atomic E-state index is 0.0853.